The summed E-state index contributed by atoms with van der Waals surface area (Å²) in [5, 5.41) is 0. The van der Waals surface area contributed by atoms with Crippen molar-refractivity contribution in [2.24, 2.45) is 0 Å². The predicted octanol–water partition coefficient (Wildman–Crippen LogP) is 3.32. The van der Waals surface area contributed by atoms with Crippen molar-refractivity contribution in [1.82, 2.24) is 4.98 Å². The van der Waals surface area contributed by atoms with Gasteiger partial charge < -0.3 is 4.74 Å². The number of alkyl halides is 3. The van der Waals surface area contributed by atoms with Crippen LogP contribution < -0.4 is 4.74 Å². The highest BCUT2D eigenvalue weighted by atomic mass is 19.4. The number of nitrogens with zero attached hydrogens (tertiary/aromatic N) is 1. The summed E-state index contributed by atoms with van der Waals surface area (Å²) in [6.07, 6.45) is -1.73. The second-order valence-electron chi connectivity index (χ2n) is 3.66. The van der Waals surface area contributed by atoms with Gasteiger partial charge in [-0.25, -0.2) is 4.79 Å². The molecule has 1 heterocycles. The molecular weight excluding hydrogens is 259 g/mol. The summed E-state index contributed by atoms with van der Waals surface area (Å²) in [6, 6.07) is 7.12. The molecule has 0 saturated heterocycles. The Labute approximate surface area is 106 Å². The normalized spacial score (nSPS) is 11.1. The third-order valence-corrected chi connectivity index (χ3v) is 2.27. The van der Waals surface area contributed by atoms with Gasteiger partial charge in [0.25, 0.3) is 0 Å². The highest BCUT2D eigenvalue weighted by Crippen LogP contribution is 2.31. The minimum atomic E-state index is -4.48. The summed E-state index contributed by atoms with van der Waals surface area (Å²) < 4.78 is 42.3. The van der Waals surface area contributed by atoms with Crippen LogP contribution in [0.3, 0.4) is 0 Å². The van der Waals surface area contributed by atoms with Crippen LogP contribution in [0, 0.1) is 0 Å². The lowest BCUT2D eigenvalue weighted by Crippen LogP contribution is -2.10. The van der Waals surface area contributed by atoms with E-state index in [2.05, 4.69) is 4.98 Å². The van der Waals surface area contributed by atoms with Gasteiger partial charge in [0.1, 0.15) is 5.75 Å². The van der Waals surface area contributed by atoms with Crippen molar-refractivity contribution in [3.05, 3.63) is 59.9 Å². The molecular formula is C13H8F3NO2. The van der Waals surface area contributed by atoms with Gasteiger partial charge in [-0.3, -0.25) is 4.98 Å². The standard InChI is InChI=1S/C13H8F3NO2/c14-13(15,16)10-4-1-5-11(7-10)19-12(18)9-3-2-6-17-8-9/h1-8H. The van der Waals surface area contributed by atoms with Crippen LogP contribution in [0.15, 0.2) is 48.8 Å². The van der Waals surface area contributed by atoms with Crippen LogP contribution >= 0.6 is 0 Å². The zero-order valence-electron chi connectivity index (χ0n) is 9.52. The quantitative estimate of drug-likeness (QED) is 0.619. The molecule has 0 atom stereocenters. The van der Waals surface area contributed by atoms with Crippen molar-refractivity contribution in [3.8, 4) is 5.75 Å². The Kier molecular flexibility index (Phi) is 3.50. The van der Waals surface area contributed by atoms with Crippen molar-refractivity contribution < 1.29 is 22.7 Å². The summed E-state index contributed by atoms with van der Waals surface area (Å²) in [4.78, 5) is 15.4. The lowest BCUT2D eigenvalue weighted by molar-refractivity contribution is -0.137. The predicted molar refractivity (Wildman–Crippen MR) is 60.6 cm³/mol. The average molecular weight is 267 g/mol. The molecule has 0 aliphatic heterocycles. The van der Waals surface area contributed by atoms with E-state index in [1.54, 1.807) is 0 Å². The van der Waals surface area contributed by atoms with Gasteiger partial charge in [0, 0.05) is 12.4 Å². The van der Waals surface area contributed by atoms with Crippen LogP contribution in [0.1, 0.15) is 15.9 Å². The molecule has 0 amide bonds. The summed E-state index contributed by atoms with van der Waals surface area (Å²) in [5.41, 5.74) is -0.705. The molecule has 0 spiro atoms. The van der Waals surface area contributed by atoms with E-state index in [9.17, 15) is 18.0 Å². The fourth-order valence-electron chi connectivity index (χ4n) is 1.39. The molecule has 2 aromatic rings. The van der Waals surface area contributed by atoms with Crippen LogP contribution in [0.25, 0.3) is 0 Å². The van der Waals surface area contributed by atoms with E-state index in [0.717, 1.165) is 12.1 Å². The lowest BCUT2D eigenvalue weighted by atomic mass is 10.2. The second-order valence-corrected chi connectivity index (χ2v) is 3.66. The molecule has 0 radical (unpaired) electrons. The SMILES string of the molecule is O=C(Oc1cccc(C(F)(F)F)c1)c1cccnc1. The van der Waals surface area contributed by atoms with E-state index >= 15 is 0 Å². The molecule has 0 aliphatic carbocycles. The molecule has 98 valence electrons. The topological polar surface area (TPSA) is 39.2 Å². The van der Waals surface area contributed by atoms with E-state index in [-0.39, 0.29) is 11.3 Å². The van der Waals surface area contributed by atoms with Gasteiger partial charge in [0.05, 0.1) is 11.1 Å². The number of rotatable bonds is 2. The van der Waals surface area contributed by atoms with E-state index in [0.29, 0.717) is 0 Å². The highest BCUT2D eigenvalue weighted by molar-refractivity contribution is 5.90. The van der Waals surface area contributed by atoms with E-state index in [1.807, 2.05) is 0 Å². The number of pyridine rings is 1. The molecule has 2 rings (SSSR count). The van der Waals surface area contributed by atoms with Crippen molar-refractivity contribution >= 4 is 5.97 Å². The first kappa shape index (κ1) is 13.1. The van der Waals surface area contributed by atoms with Crippen LogP contribution in [0.2, 0.25) is 0 Å². The van der Waals surface area contributed by atoms with Gasteiger partial charge in [-0.1, -0.05) is 6.07 Å². The first-order chi connectivity index (χ1) is 8.97. The third-order valence-electron chi connectivity index (χ3n) is 2.27. The molecule has 0 N–H and O–H groups in total. The van der Waals surface area contributed by atoms with Crippen molar-refractivity contribution in [2.45, 2.75) is 6.18 Å². The van der Waals surface area contributed by atoms with E-state index in [1.165, 1.54) is 36.7 Å². The first-order valence-corrected chi connectivity index (χ1v) is 5.26. The number of halogens is 3. The lowest BCUT2D eigenvalue weighted by Gasteiger charge is -2.08. The van der Waals surface area contributed by atoms with Gasteiger partial charge >= 0.3 is 12.1 Å². The zero-order valence-corrected chi connectivity index (χ0v) is 9.52. The van der Waals surface area contributed by atoms with Crippen LogP contribution in [-0.4, -0.2) is 11.0 Å². The maximum atomic E-state index is 12.5. The second kappa shape index (κ2) is 5.09. The van der Waals surface area contributed by atoms with E-state index < -0.39 is 17.7 Å². The van der Waals surface area contributed by atoms with Crippen molar-refractivity contribution in [2.75, 3.05) is 0 Å². The first-order valence-electron chi connectivity index (χ1n) is 5.26. The van der Waals surface area contributed by atoms with Gasteiger partial charge in [-0.05, 0) is 30.3 Å². The van der Waals surface area contributed by atoms with Gasteiger partial charge in [-0.2, -0.15) is 13.2 Å². The molecule has 1 aromatic carbocycles. The maximum Gasteiger partial charge on any atom is 0.416 e. The Bertz CT molecular complexity index is 582. The maximum absolute atomic E-state index is 12.5. The molecule has 3 nitrogen and oxygen atoms in total. The monoisotopic (exact) mass is 267 g/mol. The zero-order chi connectivity index (χ0) is 13.9. The smallest absolute Gasteiger partial charge is 0.416 e. The van der Waals surface area contributed by atoms with Crippen molar-refractivity contribution in [1.29, 1.82) is 0 Å². The van der Waals surface area contributed by atoms with Gasteiger partial charge in [0.2, 0.25) is 0 Å². The van der Waals surface area contributed by atoms with Crippen molar-refractivity contribution in [3.63, 3.8) is 0 Å². The Hall–Kier alpha value is -2.37. The number of ether oxygens (including phenoxy) is 1. The van der Waals surface area contributed by atoms with Gasteiger partial charge in [-0.15, -0.1) is 0 Å². The summed E-state index contributed by atoms with van der Waals surface area (Å²) in [6.45, 7) is 0. The number of esters is 1. The number of hydrogen-bond donors (Lipinski definition) is 0. The number of carbonyl (C=O) groups excluding carboxylic acids is 1. The molecule has 0 unspecified atom stereocenters. The number of carbonyl (C=O) groups is 1. The average Bonchev–Trinajstić information content (AvgIpc) is 2.39. The molecule has 6 heteroatoms. The molecule has 0 fully saturated rings. The minimum Gasteiger partial charge on any atom is -0.423 e. The Balaban J connectivity index is 2.18. The summed E-state index contributed by atoms with van der Waals surface area (Å²) in [5.74, 6) is -0.920. The Morgan fingerprint density at radius 2 is 1.95 bits per heavy atom. The molecule has 19 heavy (non-hydrogen) atoms. The molecule has 0 aliphatic rings. The summed E-state index contributed by atoms with van der Waals surface area (Å²) in [7, 11) is 0. The van der Waals surface area contributed by atoms with Gasteiger partial charge in [0.15, 0.2) is 0 Å². The van der Waals surface area contributed by atoms with E-state index in [4.69, 9.17) is 4.74 Å². The Morgan fingerprint density at radius 3 is 2.58 bits per heavy atom. The Morgan fingerprint density at radius 1 is 1.16 bits per heavy atom. The molecule has 0 bridgehead atoms. The highest BCUT2D eigenvalue weighted by Gasteiger charge is 2.30. The number of benzene rings is 1. The van der Waals surface area contributed by atoms with Crippen LogP contribution in [0.5, 0.6) is 5.75 Å². The third kappa shape index (κ3) is 3.31. The number of hydrogen-bond acceptors (Lipinski definition) is 3. The fourth-order valence-corrected chi connectivity index (χ4v) is 1.39. The fraction of sp³-hybridized carbons (Fsp3) is 0.0769. The van der Waals surface area contributed by atoms with Crippen LogP contribution in [0.4, 0.5) is 13.2 Å². The summed E-state index contributed by atoms with van der Waals surface area (Å²) >= 11 is 0. The van der Waals surface area contributed by atoms with Crippen LogP contribution in [-0.2, 0) is 6.18 Å². The molecule has 1 aromatic heterocycles. The molecule has 0 saturated carbocycles. The minimum absolute atomic E-state index is 0.163. The number of aromatic nitrogens is 1. The largest absolute Gasteiger partial charge is 0.423 e.